The second-order valence-electron chi connectivity index (χ2n) is 9.93. The lowest BCUT2D eigenvalue weighted by molar-refractivity contribution is 0.0115. The van der Waals surface area contributed by atoms with Crippen LogP contribution in [0.5, 0.6) is 0 Å². The maximum Gasteiger partial charge on any atom is 0.156 e. The minimum atomic E-state index is -3.50. The van der Waals surface area contributed by atoms with Crippen LogP contribution in [0, 0.1) is 11.6 Å². The van der Waals surface area contributed by atoms with Gasteiger partial charge in [-0.15, -0.1) is 5.10 Å². The third kappa shape index (κ3) is 5.89. The number of nitrogens with zero attached hydrogens (tertiary/aromatic N) is 5. The van der Waals surface area contributed by atoms with E-state index in [1.54, 1.807) is 6.92 Å². The molecule has 3 heterocycles. The predicted octanol–water partition coefficient (Wildman–Crippen LogP) is 3.84. The summed E-state index contributed by atoms with van der Waals surface area (Å²) in [6, 6.07) is 10.7. The van der Waals surface area contributed by atoms with Gasteiger partial charge in [0, 0.05) is 49.0 Å². The van der Waals surface area contributed by atoms with Crippen molar-refractivity contribution in [3.63, 3.8) is 0 Å². The molecule has 0 radical (unpaired) electrons. The smallest absolute Gasteiger partial charge is 0.156 e. The van der Waals surface area contributed by atoms with Gasteiger partial charge >= 0.3 is 0 Å². The van der Waals surface area contributed by atoms with Crippen molar-refractivity contribution >= 4 is 15.5 Å². The largest absolute Gasteiger partial charge is 0.379 e. The van der Waals surface area contributed by atoms with Crippen molar-refractivity contribution in [1.82, 2.24) is 19.9 Å². The summed E-state index contributed by atoms with van der Waals surface area (Å²) in [6.07, 6.45) is 4.07. The molecule has 2 saturated heterocycles. The van der Waals surface area contributed by atoms with Crippen LogP contribution >= 0.6 is 0 Å². The molecule has 0 saturated carbocycles. The molecule has 3 aromatic rings. The number of anilines is 1. The van der Waals surface area contributed by atoms with E-state index in [1.807, 2.05) is 18.2 Å². The number of halogens is 2. The standard InChI is InChI=1S/C27H33F2N5O3S/c1-2-16-38(35,36)19-21-6-7-24(28)27(26(21)29)34-18-25(30-31-34)20-4-3-5-23(17-20)32-10-8-22(9-11-32)33-12-14-37-15-13-33/h3-7,17-18,22H,2,8-16,19H2,1H3. The van der Waals surface area contributed by atoms with Crippen molar-refractivity contribution in [3.05, 3.63) is 59.8 Å². The summed E-state index contributed by atoms with van der Waals surface area (Å²) in [5.74, 6) is -2.34. The highest BCUT2D eigenvalue weighted by Gasteiger charge is 2.26. The summed E-state index contributed by atoms with van der Waals surface area (Å²) in [5, 5.41) is 8.13. The number of morpholine rings is 1. The average molecular weight is 546 g/mol. The molecule has 0 aliphatic carbocycles. The van der Waals surface area contributed by atoms with E-state index in [1.165, 1.54) is 12.3 Å². The van der Waals surface area contributed by atoms with Gasteiger partial charge in [-0.05, 0) is 37.5 Å². The quantitative estimate of drug-likeness (QED) is 0.426. The molecule has 0 spiro atoms. The number of sulfone groups is 1. The molecule has 8 nitrogen and oxygen atoms in total. The van der Waals surface area contributed by atoms with Crippen LogP contribution in [0.25, 0.3) is 16.9 Å². The van der Waals surface area contributed by atoms with Gasteiger partial charge in [0.1, 0.15) is 11.4 Å². The molecular weight excluding hydrogens is 512 g/mol. The molecule has 0 bridgehead atoms. The number of rotatable bonds is 8. The molecule has 0 unspecified atom stereocenters. The van der Waals surface area contributed by atoms with Crippen LogP contribution in [0.15, 0.2) is 42.6 Å². The van der Waals surface area contributed by atoms with E-state index in [0.29, 0.717) is 18.2 Å². The first-order valence-electron chi connectivity index (χ1n) is 13.1. The summed E-state index contributed by atoms with van der Waals surface area (Å²) in [4.78, 5) is 4.88. The number of aromatic nitrogens is 3. The highest BCUT2D eigenvalue weighted by Crippen LogP contribution is 2.29. The molecule has 204 valence electrons. The Hall–Kier alpha value is -2.89. The van der Waals surface area contributed by atoms with Crippen molar-refractivity contribution in [3.8, 4) is 16.9 Å². The Labute approximate surface area is 222 Å². The lowest BCUT2D eigenvalue weighted by Gasteiger charge is -2.40. The molecule has 2 aliphatic heterocycles. The van der Waals surface area contributed by atoms with Crippen LogP contribution in [-0.4, -0.2) is 79.5 Å². The fourth-order valence-electron chi connectivity index (χ4n) is 5.32. The molecule has 2 aromatic carbocycles. The van der Waals surface area contributed by atoms with E-state index < -0.39 is 32.9 Å². The minimum Gasteiger partial charge on any atom is -0.379 e. The monoisotopic (exact) mass is 545 g/mol. The Morgan fingerprint density at radius 2 is 1.82 bits per heavy atom. The van der Waals surface area contributed by atoms with Crippen LogP contribution < -0.4 is 4.90 Å². The van der Waals surface area contributed by atoms with Crippen LogP contribution in [0.4, 0.5) is 14.5 Å². The number of ether oxygens (including phenoxy) is 1. The molecule has 2 fully saturated rings. The van der Waals surface area contributed by atoms with Crippen molar-refractivity contribution in [1.29, 1.82) is 0 Å². The van der Waals surface area contributed by atoms with Crippen LogP contribution in [0.1, 0.15) is 31.7 Å². The van der Waals surface area contributed by atoms with Gasteiger partial charge < -0.3 is 9.64 Å². The van der Waals surface area contributed by atoms with Gasteiger partial charge in [-0.2, -0.15) is 0 Å². The zero-order chi connectivity index (χ0) is 26.7. The second kappa shape index (κ2) is 11.5. The van der Waals surface area contributed by atoms with Crippen LogP contribution in [0.3, 0.4) is 0 Å². The summed E-state index contributed by atoms with van der Waals surface area (Å²) in [5.41, 5.74) is 1.80. The Morgan fingerprint density at radius 3 is 2.55 bits per heavy atom. The van der Waals surface area contributed by atoms with Gasteiger partial charge in [-0.25, -0.2) is 21.9 Å². The molecule has 11 heteroatoms. The molecule has 2 aliphatic rings. The zero-order valence-corrected chi connectivity index (χ0v) is 22.3. The fourth-order valence-corrected chi connectivity index (χ4v) is 6.79. The molecular formula is C27H33F2N5O3S. The van der Waals surface area contributed by atoms with E-state index >= 15 is 4.39 Å². The SMILES string of the molecule is CCCS(=O)(=O)Cc1ccc(F)c(-n2cc(-c3cccc(N4CCC(N5CCOCC5)CC4)c3)nn2)c1F. The van der Waals surface area contributed by atoms with Crippen molar-refractivity contribution < 1.29 is 21.9 Å². The van der Waals surface area contributed by atoms with E-state index in [-0.39, 0.29) is 11.3 Å². The van der Waals surface area contributed by atoms with Crippen LogP contribution in [-0.2, 0) is 20.3 Å². The van der Waals surface area contributed by atoms with Crippen molar-refractivity contribution in [2.75, 3.05) is 50.0 Å². The van der Waals surface area contributed by atoms with Gasteiger partial charge in [0.2, 0.25) is 0 Å². The second-order valence-corrected chi connectivity index (χ2v) is 12.1. The third-order valence-electron chi connectivity index (χ3n) is 7.29. The maximum atomic E-state index is 15.3. The molecule has 1 aromatic heterocycles. The summed E-state index contributed by atoms with van der Waals surface area (Å²) >= 11 is 0. The minimum absolute atomic E-state index is 0.0617. The Kier molecular flexibility index (Phi) is 8.06. The lowest BCUT2D eigenvalue weighted by atomic mass is 10.0. The van der Waals surface area contributed by atoms with Gasteiger partial charge in [-0.3, -0.25) is 4.90 Å². The third-order valence-corrected chi connectivity index (χ3v) is 9.07. The first kappa shape index (κ1) is 26.7. The Morgan fingerprint density at radius 1 is 1.05 bits per heavy atom. The number of hydrogen-bond donors (Lipinski definition) is 0. The van der Waals surface area contributed by atoms with Gasteiger partial charge in [0.25, 0.3) is 0 Å². The molecule has 0 atom stereocenters. The molecule has 0 amide bonds. The number of hydrogen-bond acceptors (Lipinski definition) is 7. The fraction of sp³-hybridized carbons (Fsp3) is 0.481. The van der Waals surface area contributed by atoms with E-state index in [0.717, 1.165) is 74.2 Å². The molecule has 5 rings (SSSR count). The topological polar surface area (TPSA) is 80.6 Å². The Balaban J connectivity index is 1.33. The van der Waals surface area contributed by atoms with Gasteiger partial charge in [0.05, 0.1) is 30.9 Å². The molecule has 38 heavy (non-hydrogen) atoms. The van der Waals surface area contributed by atoms with E-state index in [9.17, 15) is 12.8 Å². The lowest BCUT2D eigenvalue weighted by Crippen LogP contribution is -2.49. The number of piperidine rings is 1. The highest BCUT2D eigenvalue weighted by atomic mass is 32.2. The first-order valence-corrected chi connectivity index (χ1v) is 14.9. The van der Waals surface area contributed by atoms with E-state index in [2.05, 4.69) is 26.2 Å². The van der Waals surface area contributed by atoms with E-state index in [4.69, 9.17) is 4.74 Å². The van der Waals surface area contributed by atoms with Crippen molar-refractivity contribution in [2.45, 2.75) is 38.0 Å². The average Bonchev–Trinajstić information content (AvgIpc) is 3.41. The maximum absolute atomic E-state index is 15.3. The zero-order valence-electron chi connectivity index (χ0n) is 21.5. The summed E-state index contributed by atoms with van der Waals surface area (Å²) < 4.78 is 60.9. The van der Waals surface area contributed by atoms with Gasteiger partial charge in [-0.1, -0.05) is 30.3 Å². The van der Waals surface area contributed by atoms with Gasteiger partial charge in [0.15, 0.2) is 21.5 Å². The Bertz CT molecular complexity index is 1370. The molecule has 0 N–H and O–H groups in total. The predicted molar refractivity (Wildman–Crippen MR) is 142 cm³/mol. The van der Waals surface area contributed by atoms with Crippen LogP contribution in [0.2, 0.25) is 0 Å². The highest BCUT2D eigenvalue weighted by molar-refractivity contribution is 7.90. The summed E-state index contributed by atoms with van der Waals surface area (Å²) in [6.45, 7) is 7.23. The number of benzene rings is 2. The summed E-state index contributed by atoms with van der Waals surface area (Å²) in [7, 11) is -3.50. The normalized spacial score (nSPS) is 17.7. The first-order chi connectivity index (χ1) is 18.3. The van der Waals surface area contributed by atoms with Crippen molar-refractivity contribution in [2.24, 2.45) is 0 Å².